The van der Waals surface area contributed by atoms with E-state index in [-0.39, 0.29) is 36.9 Å². The molecule has 27 heteroatoms. The third kappa shape index (κ3) is 17.7. The lowest BCUT2D eigenvalue weighted by molar-refractivity contribution is -0.167. The number of carbonyl (C=O) groups is 3. The maximum atomic E-state index is 14.6. The van der Waals surface area contributed by atoms with Crippen LogP contribution in [0.4, 0.5) is 24.5 Å². The highest BCUT2D eigenvalue weighted by atomic mass is 32.2. The largest absolute Gasteiger partial charge is 0.501 e. The number of benzene rings is 4. The summed E-state index contributed by atoms with van der Waals surface area (Å²) < 4.78 is 113. The fraction of sp³-hybridized carbons (Fsp3) is 0.539. The lowest BCUT2D eigenvalue weighted by Gasteiger charge is -2.72. The second-order valence-electron chi connectivity index (χ2n) is 30.7. The molecule has 0 unspecified atom stereocenters. The highest BCUT2D eigenvalue weighted by Crippen LogP contribution is 2.77. The molecule has 5 heterocycles. The van der Waals surface area contributed by atoms with Gasteiger partial charge in [-0.2, -0.15) is 13.2 Å². The third-order valence-corrected chi connectivity index (χ3v) is 26.7. The lowest BCUT2D eigenvalue weighted by atomic mass is 9.33. The molecule has 3 aliphatic heterocycles. The Morgan fingerprint density at radius 2 is 1.54 bits per heavy atom. The van der Waals surface area contributed by atoms with Crippen molar-refractivity contribution in [3.05, 3.63) is 142 Å². The molecule has 0 radical (unpaired) electrons. The standard InChI is InChI=1S/C76H97F3N10O10S4/c1-50(2)68(66-37-51(3)83-99-66)72(93)89-44-59(90)39-64(89)71(92)80-42-55-16-15-54(69-52(4)81-49-101-69)38-65(55)98-36-12-11-26-85-28-30-86(31-29-85)27-24-57(45-100-60-13-9-8-10-14-60)82-63-22-21-61(40-67(63)102(94,95)76(77,78)79)103(96,97)84-70(91)53-17-19-58(20-18-53)88-34-32-87(33-35-88)43-56-23-25-73(5,6)41-62(56)75-46-74(7,47-75)48-75/h8-10,13-22,37-38,40,49-50,57,59,64,68,82,90H,11-12,23-36,39,41-48H2,1-7H3,(H,80,92)(H,84,91)/t57-,59-,64+,68-,74?,75?/m1/s1. The van der Waals surface area contributed by atoms with Crippen LogP contribution in [0.1, 0.15) is 138 Å². The minimum atomic E-state index is -6.14. The highest BCUT2D eigenvalue weighted by molar-refractivity contribution is 7.99. The Hall–Kier alpha value is -6.85. The molecule has 13 rings (SSSR count). The number of thioether (sulfide) groups is 1. The number of likely N-dealkylation sites (tertiary alicyclic amines) is 1. The molecule has 2 aromatic heterocycles. The van der Waals surface area contributed by atoms with E-state index in [0.717, 1.165) is 116 Å². The molecule has 4 aromatic carbocycles. The normalized spacial score (nSPS) is 22.5. The molecule has 0 spiro atoms. The number of carbonyl (C=O) groups excluding carboxylic acids is 3. The van der Waals surface area contributed by atoms with E-state index in [1.54, 1.807) is 41.8 Å². The van der Waals surface area contributed by atoms with E-state index >= 15 is 0 Å². The van der Waals surface area contributed by atoms with Crippen molar-refractivity contribution < 1.29 is 58.8 Å². The van der Waals surface area contributed by atoms with E-state index in [2.05, 4.69) is 61.1 Å². The molecule has 4 N–H and O–H groups in total. The number of nitrogens with one attached hydrogen (secondary N) is 3. The van der Waals surface area contributed by atoms with E-state index in [9.17, 15) is 49.5 Å². The number of amides is 3. The number of β-amino-alcohol motifs (C(OH)–C–C–N with tert-alkyl or cyclic N) is 1. The average molecular weight is 1500 g/mol. The van der Waals surface area contributed by atoms with Crippen LogP contribution in [0.25, 0.3) is 10.4 Å². The van der Waals surface area contributed by atoms with Gasteiger partial charge in [-0.1, -0.05) is 81.3 Å². The minimum absolute atomic E-state index is 0.00107. The van der Waals surface area contributed by atoms with Gasteiger partial charge in [0, 0.05) is 125 Å². The van der Waals surface area contributed by atoms with Gasteiger partial charge in [0.05, 0.1) is 45.1 Å². The van der Waals surface area contributed by atoms with Crippen molar-refractivity contribution >= 4 is 72.1 Å². The number of hydrogen-bond acceptors (Lipinski definition) is 19. The van der Waals surface area contributed by atoms with Crippen LogP contribution >= 0.6 is 23.1 Å². The van der Waals surface area contributed by atoms with Gasteiger partial charge in [0.25, 0.3) is 25.8 Å². The number of anilines is 2. The molecule has 6 fully saturated rings. The summed E-state index contributed by atoms with van der Waals surface area (Å²) in [6, 6.07) is 24.5. The first-order valence-electron chi connectivity index (χ1n) is 36.0. The Kier molecular flexibility index (Phi) is 23.0. The Morgan fingerprint density at radius 1 is 0.845 bits per heavy atom. The molecule has 20 nitrogen and oxygen atoms in total. The maximum absolute atomic E-state index is 14.6. The summed E-state index contributed by atoms with van der Waals surface area (Å²) in [6.07, 6.45) is 8.67. The first-order chi connectivity index (χ1) is 48.9. The molecule has 4 aliphatic carbocycles. The summed E-state index contributed by atoms with van der Waals surface area (Å²) in [5, 5.41) is 20.8. The van der Waals surface area contributed by atoms with Gasteiger partial charge < -0.3 is 44.6 Å². The number of piperazine rings is 2. The predicted octanol–water partition coefficient (Wildman–Crippen LogP) is 12.1. The third-order valence-electron chi connectivity index (χ3n) is 21.7. The number of aryl methyl sites for hydroxylation is 2. The summed E-state index contributed by atoms with van der Waals surface area (Å²) in [5.41, 5.74) is 4.29. The number of halogens is 3. The number of aromatic nitrogens is 2. The summed E-state index contributed by atoms with van der Waals surface area (Å²) in [4.78, 5) is 56.7. The lowest BCUT2D eigenvalue weighted by Crippen LogP contribution is -2.61. The van der Waals surface area contributed by atoms with Gasteiger partial charge in [0.1, 0.15) is 28.4 Å². The number of aliphatic hydroxyl groups excluding tert-OH is 1. The van der Waals surface area contributed by atoms with E-state index in [4.69, 9.17) is 9.26 Å². The number of aliphatic hydroxyl groups is 1. The van der Waals surface area contributed by atoms with Crippen LogP contribution in [0.3, 0.4) is 0 Å². The molecular weight excluding hydrogens is 1400 g/mol. The van der Waals surface area contributed by atoms with Gasteiger partial charge >= 0.3 is 5.51 Å². The number of alkyl halides is 3. The molecule has 2 bridgehead atoms. The van der Waals surface area contributed by atoms with Crippen molar-refractivity contribution in [3.8, 4) is 16.2 Å². The molecule has 4 atom stereocenters. The van der Waals surface area contributed by atoms with Crippen molar-refractivity contribution in [1.82, 2.24) is 39.8 Å². The number of sulfonamides is 1. The summed E-state index contributed by atoms with van der Waals surface area (Å²) in [5.74, 6) is -1.23. The number of ether oxygens (including phenoxy) is 1. The van der Waals surface area contributed by atoms with Crippen LogP contribution in [0.5, 0.6) is 5.75 Å². The number of rotatable bonds is 29. The molecule has 556 valence electrons. The van der Waals surface area contributed by atoms with Crippen LogP contribution < -0.4 is 25.0 Å². The first kappa shape index (κ1) is 75.8. The molecular formula is C76H97F3N10O10S4. The van der Waals surface area contributed by atoms with Crippen molar-refractivity contribution in [2.45, 2.75) is 164 Å². The van der Waals surface area contributed by atoms with Crippen molar-refractivity contribution in [1.29, 1.82) is 0 Å². The van der Waals surface area contributed by atoms with Crippen LogP contribution in [0.15, 0.2) is 133 Å². The molecule has 3 saturated heterocycles. The number of nitrogens with zero attached hydrogens (tertiary/aromatic N) is 7. The Labute approximate surface area is 611 Å². The van der Waals surface area contributed by atoms with Gasteiger partial charge in [0.2, 0.25) is 11.8 Å². The number of sulfone groups is 1. The van der Waals surface area contributed by atoms with Gasteiger partial charge in [-0.3, -0.25) is 19.3 Å². The summed E-state index contributed by atoms with van der Waals surface area (Å²) in [6.45, 7) is 23.8. The van der Waals surface area contributed by atoms with Crippen molar-refractivity contribution in [2.75, 3.05) is 101 Å². The first-order valence-corrected chi connectivity index (χ1v) is 40.8. The summed E-state index contributed by atoms with van der Waals surface area (Å²) >= 11 is 2.96. The second kappa shape index (κ2) is 31.3. The predicted molar refractivity (Wildman–Crippen MR) is 394 cm³/mol. The second-order valence-corrected chi connectivity index (χ2v) is 36.2. The average Bonchev–Trinajstić information content (AvgIpc) is 0.918. The minimum Gasteiger partial charge on any atom is -0.493 e. The van der Waals surface area contributed by atoms with Crippen LogP contribution in [-0.4, -0.2) is 184 Å². The Bertz CT molecular complexity index is 4270. The van der Waals surface area contributed by atoms with Crippen LogP contribution in [-0.2, 0) is 36.0 Å². The fourth-order valence-electron chi connectivity index (χ4n) is 16.2. The Morgan fingerprint density at radius 3 is 2.19 bits per heavy atom. The van der Waals surface area contributed by atoms with E-state index < -0.39 is 76.8 Å². The zero-order chi connectivity index (χ0) is 73.2. The quantitative estimate of drug-likeness (QED) is 0.0194. The van der Waals surface area contributed by atoms with Crippen molar-refractivity contribution in [2.24, 2.45) is 22.2 Å². The van der Waals surface area contributed by atoms with E-state index in [0.29, 0.717) is 77.9 Å². The zero-order valence-corrected chi connectivity index (χ0v) is 63.2. The number of thiazole rings is 1. The Balaban J connectivity index is 0.634. The number of unbranched alkanes of at least 4 members (excludes halogenated alkanes) is 1. The molecule has 3 saturated carbocycles. The number of hydrogen-bond donors (Lipinski definition) is 4. The van der Waals surface area contributed by atoms with Gasteiger partial charge in [-0.15, -0.1) is 23.1 Å². The summed E-state index contributed by atoms with van der Waals surface area (Å²) in [7, 11) is -11.0. The fourth-order valence-corrected chi connectivity index (χ4v) is 20.1. The van der Waals surface area contributed by atoms with Gasteiger partial charge in [0.15, 0.2) is 0 Å². The SMILES string of the molecule is Cc1cc([C@H](C(=O)N2C[C@H](O)C[C@H]2C(=O)NCc2ccc(-c3scnc3C)cc2OCCCCN2CCN(CC[C@H](CSc3ccccc3)Nc3ccc(S(=O)(=O)NC(=O)c4ccc(N5CCN(CC6=C(C78CC(C)(C7)C8)CC(C)(C)CC6)CC5)cc4)cc3S(=O)(=O)C(F)(F)F)CC2)C(C)C)on1. The maximum Gasteiger partial charge on any atom is 0.501 e. The zero-order valence-electron chi connectivity index (χ0n) is 59.9. The van der Waals surface area contributed by atoms with Gasteiger partial charge in [-0.25, -0.2) is 26.5 Å². The van der Waals surface area contributed by atoms with Crippen LogP contribution in [0.2, 0.25) is 0 Å². The molecule has 103 heavy (non-hydrogen) atoms. The molecule has 7 aliphatic rings. The number of allylic oxidation sites excluding steroid dienone is 1. The van der Waals surface area contributed by atoms with Crippen LogP contribution in [0, 0.1) is 36.0 Å². The topological polar surface area (TPSA) is 240 Å². The van der Waals surface area contributed by atoms with Gasteiger partial charge in [-0.05, 0) is 167 Å². The van der Waals surface area contributed by atoms with E-state index in [1.807, 2.05) is 74.0 Å². The van der Waals surface area contributed by atoms with E-state index in [1.165, 1.54) is 72.2 Å². The smallest absolute Gasteiger partial charge is 0.493 e. The van der Waals surface area contributed by atoms with Crippen molar-refractivity contribution in [3.63, 3.8) is 0 Å². The molecule has 6 aromatic rings. The highest BCUT2D eigenvalue weighted by Gasteiger charge is 2.67. The molecule has 3 amide bonds. The monoisotopic (exact) mass is 1490 g/mol.